The second-order valence-electron chi connectivity index (χ2n) is 10.1. The van der Waals surface area contributed by atoms with Crippen molar-refractivity contribution in [1.82, 2.24) is 4.90 Å². The van der Waals surface area contributed by atoms with E-state index in [9.17, 15) is 9.90 Å². The van der Waals surface area contributed by atoms with Crippen LogP contribution in [-0.4, -0.2) is 29.1 Å². The molecule has 6 rings (SSSR count). The first-order valence-electron chi connectivity index (χ1n) is 11.1. The number of amides is 1. The number of aliphatic hydroxyl groups is 1. The second kappa shape index (κ2) is 5.95. The lowest BCUT2D eigenvalue weighted by molar-refractivity contribution is -0.270. The third-order valence-electron chi connectivity index (χ3n) is 9.21. The Hall–Kier alpha value is -2.13. The monoisotopic (exact) mass is 387 g/mol. The molecule has 0 heterocycles. The maximum atomic E-state index is 13.4. The molecule has 2 aromatic rings. The maximum absolute atomic E-state index is 13.4. The van der Waals surface area contributed by atoms with E-state index in [4.69, 9.17) is 0 Å². The Labute approximate surface area is 172 Å². The molecule has 0 radical (unpaired) electrons. The molecule has 4 saturated carbocycles. The van der Waals surface area contributed by atoms with Crippen LogP contribution in [0.4, 0.5) is 0 Å². The zero-order valence-corrected chi connectivity index (χ0v) is 17.0. The molecule has 4 fully saturated rings. The normalized spacial score (nSPS) is 40.7. The molecule has 29 heavy (non-hydrogen) atoms. The number of aliphatic hydroxyl groups excluding tert-OH is 1. The number of benzene rings is 2. The van der Waals surface area contributed by atoms with Crippen molar-refractivity contribution in [2.75, 3.05) is 7.05 Å². The Morgan fingerprint density at radius 1 is 1.03 bits per heavy atom. The Balaban J connectivity index is 1.31. The van der Waals surface area contributed by atoms with Crippen LogP contribution in [0, 0.1) is 29.1 Å². The van der Waals surface area contributed by atoms with Gasteiger partial charge in [0.15, 0.2) is 0 Å². The lowest BCUT2D eigenvalue weighted by Gasteiger charge is -2.77. The van der Waals surface area contributed by atoms with Crippen LogP contribution >= 0.6 is 0 Å². The van der Waals surface area contributed by atoms with Gasteiger partial charge in [-0.15, -0.1) is 0 Å². The number of nitrogens with zero attached hydrogens (tertiary/aromatic N) is 1. The summed E-state index contributed by atoms with van der Waals surface area (Å²) in [6.07, 6.45) is 3.90. The third-order valence-corrected chi connectivity index (χ3v) is 9.21. The highest BCUT2D eigenvalue weighted by Gasteiger charge is 2.85. The molecule has 1 spiro atoms. The van der Waals surface area contributed by atoms with E-state index in [1.807, 2.05) is 30.1 Å². The van der Waals surface area contributed by atoms with E-state index in [0.29, 0.717) is 42.1 Å². The van der Waals surface area contributed by atoms with E-state index in [-0.39, 0.29) is 17.4 Å². The van der Waals surface area contributed by atoms with Gasteiger partial charge in [0.2, 0.25) is 5.91 Å². The average Bonchev–Trinajstić information content (AvgIpc) is 3.24. The van der Waals surface area contributed by atoms with Gasteiger partial charge < -0.3 is 10.0 Å². The van der Waals surface area contributed by atoms with Crippen molar-refractivity contribution < 1.29 is 9.90 Å². The summed E-state index contributed by atoms with van der Waals surface area (Å²) in [5.41, 5.74) is 2.82. The fourth-order valence-electron chi connectivity index (χ4n) is 8.19. The quantitative estimate of drug-likeness (QED) is 0.842. The Kier molecular flexibility index (Phi) is 3.63. The number of carbonyl (C=O) groups excluding carboxylic acids is 1. The van der Waals surface area contributed by atoms with Crippen LogP contribution in [0.1, 0.15) is 36.8 Å². The number of fused-ring (bicyclic) bond motifs is 1. The van der Waals surface area contributed by atoms with Crippen molar-refractivity contribution in [3.63, 3.8) is 0 Å². The summed E-state index contributed by atoms with van der Waals surface area (Å²) in [6.45, 7) is 0.662. The second-order valence-corrected chi connectivity index (χ2v) is 10.1. The predicted molar refractivity (Wildman–Crippen MR) is 112 cm³/mol. The summed E-state index contributed by atoms with van der Waals surface area (Å²) in [5, 5.41) is 10.6. The maximum Gasteiger partial charge on any atom is 0.223 e. The summed E-state index contributed by atoms with van der Waals surface area (Å²) in [6, 6.07) is 21.1. The SMILES string of the molecule is CN(Cc1ccccc1)C(=O)CC1(c2ccccc2)C2CC3CC24C(CC14)C3O. The van der Waals surface area contributed by atoms with Crippen LogP contribution in [0.25, 0.3) is 0 Å². The van der Waals surface area contributed by atoms with Gasteiger partial charge in [0.05, 0.1) is 6.10 Å². The number of carbonyl (C=O) groups is 1. The lowest BCUT2D eigenvalue weighted by Crippen LogP contribution is -2.76. The minimum absolute atomic E-state index is 0.0331. The van der Waals surface area contributed by atoms with E-state index in [1.54, 1.807) is 0 Å². The molecule has 2 bridgehead atoms. The first-order chi connectivity index (χ1) is 14.1. The number of rotatable bonds is 5. The van der Waals surface area contributed by atoms with Gasteiger partial charge in [-0.3, -0.25) is 4.79 Å². The van der Waals surface area contributed by atoms with Crippen LogP contribution < -0.4 is 0 Å². The minimum atomic E-state index is -0.0901. The van der Waals surface area contributed by atoms with Crippen LogP contribution in [0.5, 0.6) is 0 Å². The first-order valence-corrected chi connectivity index (χ1v) is 11.1. The molecule has 0 saturated heterocycles. The summed E-state index contributed by atoms with van der Waals surface area (Å²) in [4.78, 5) is 15.3. The van der Waals surface area contributed by atoms with Crippen molar-refractivity contribution in [1.29, 1.82) is 0 Å². The highest BCUT2D eigenvalue weighted by molar-refractivity contribution is 5.78. The van der Waals surface area contributed by atoms with Gasteiger partial charge in [-0.25, -0.2) is 0 Å². The van der Waals surface area contributed by atoms with E-state index >= 15 is 0 Å². The molecule has 4 aliphatic rings. The van der Waals surface area contributed by atoms with Gasteiger partial charge in [-0.1, -0.05) is 60.7 Å². The van der Waals surface area contributed by atoms with E-state index < -0.39 is 0 Å². The van der Waals surface area contributed by atoms with Crippen LogP contribution in [0.15, 0.2) is 60.7 Å². The Bertz CT molecular complexity index is 944. The zero-order valence-electron chi connectivity index (χ0n) is 17.0. The average molecular weight is 388 g/mol. The van der Waals surface area contributed by atoms with Gasteiger partial charge in [0.25, 0.3) is 0 Å². The van der Waals surface area contributed by atoms with Crippen molar-refractivity contribution in [3.05, 3.63) is 71.8 Å². The molecule has 0 aliphatic heterocycles. The third kappa shape index (κ3) is 2.10. The van der Waals surface area contributed by atoms with Gasteiger partial charge in [0.1, 0.15) is 0 Å². The van der Waals surface area contributed by atoms with Gasteiger partial charge in [-0.2, -0.15) is 0 Å². The van der Waals surface area contributed by atoms with E-state index in [0.717, 1.165) is 12.8 Å². The smallest absolute Gasteiger partial charge is 0.223 e. The fraction of sp³-hybridized carbons (Fsp3) is 0.500. The topological polar surface area (TPSA) is 40.5 Å². The molecule has 0 aromatic heterocycles. The van der Waals surface area contributed by atoms with Gasteiger partial charge >= 0.3 is 0 Å². The van der Waals surface area contributed by atoms with Crippen molar-refractivity contribution in [2.24, 2.45) is 29.1 Å². The summed E-state index contributed by atoms with van der Waals surface area (Å²) in [7, 11) is 1.94. The van der Waals surface area contributed by atoms with Gasteiger partial charge in [-0.05, 0) is 59.5 Å². The molecule has 1 amide bonds. The van der Waals surface area contributed by atoms with Crippen molar-refractivity contribution in [3.8, 4) is 0 Å². The van der Waals surface area contributed by atoms with E-state index in [1.165, 1.54) is 17.5 Å². The highest BCUT2D eigenvalue weighted by atomic mass is 16.3. The lowest BCUT2D eigenvalue weighted by atomic mass is 9.26. The molecular formula is C26H29NO2. The van der Waals surface area contributed by atoms with Crippen molar-refractivity contribution in [2.45, 2.75) is 43.7 Å². The van der Waals surface area contributed by atoms with E-state index in [2.05, 4.69) is 42.5 Å². The van der Waals surface area contributed by atoms with Crippen LogP contribution in [0.2, 0.25) is 0 Å². The molecule has 3 heteroatoms. The predicted octanol–water partition coefficient (Wildman–Crippen LogP) is 4.01. The van der Waals surface area contributed by atoms with Crippen molar-refractivity contribution >= 4 is 5.91 Å². The highest BCUT2D eigenvalue weighted by Crippen LogP contribution is 2.87. The molecular weight excluding hydrogens is 358 g/mol. The first kappa shape index (κ1) is 17.7. The largest absolute Gasteiger partial charge is 0.393 e. The number of hydrogen-bond acceptors (Lipinski definition) is 2. The summed E-state index contributed by atoms with van der Waals surface area (Å²) < 4.78 is 0. The summed E-state index contributed by atoms with van der Waals surface area (Å²) in [5.74, 6) is 2.31. The minimum Gasteiger partial charge on any atom is -0.393 e. The summed E-state index contributed by atoms with van der Waals surface area (Å²) >= 11 is 0. The molecule has 7 atom stereocenters. The van der Waals surface area contributed by atoms with Crippen LogP contribution in [-0.2, 0) is 16.8 Å². The van der Waals surface area contributed by atoms with Crippen LogP contribution in [0.3, 0.4) is 0 Å². The fourth-order valence-corrected chi connectivity index (χ4v) is 8.19. The standard InChI is InChI=1S/C26H29NO2/c1-27(16-17-8-4-2-5-9-17)23(28)15-25(19-10-6-3-7-11-19)21-12-18-14-26(21)20(24(18)29)13-22(25)26/h2-11,18,20-22,24,29H,12-16H2,1H3. The Morgan fingerprint density at radius 2 is 1.69 bits per heavy atom. The molecule has 1 N–H and O–H groups in total. The molecule has 2 aromatic carbocycles. The molecule has 3 nitrogen and oxygen atoms in total. The molecule has 4 aliphatic carbocycles. The molecule has 7 unspecified atom stereocenters. The zero-order chi connectivity index (χ0) is 19.8. The van der Waals surface area contributed by atoms with Gasteiger partial charge in [0, 0.05) is 25.4 Å². The number of hydrogen-bond donors (Lipinski definition) is 1. The molecule has 150 valence electrons. The Morgan fingerprint density at radius 3 is 2.38 bits per heavy atom.